The van der Waals surface area contributed by atoms with Gasteiger partial charge in [0, 0.05) is 34.9 Å². The van der Waals surface area contributed by atoms with Crippen LogP contribution in [-0.2, 0) is 74.9 Å². The summed E-state index contributed by atoms with van der Waals surface area (Å²) in [5.41, 5.74) is -6.56. The minimum atomic E-state index is -5.26. The quantitative estimate of drug-likeness (QED) is 0.0344. The lowest BCUT2D eigenvalue weighted by Crippen LogP contribution is -2.49. The minimum Gasteiger partial charge on any atom is -0.422 e. The van der Waals surface area contributed by atoms with Crippen LogP contribution in [0.15, 0.2) is 42.5 Å². The maximum absolute atomic E-state index is 15.6. The number of phosphoric acid groups is 1. The molecule has 0 saturated heterocycles. The van der Waals surface area contributed by atoms with Crippen LogP contribution in [0.5, 0.6) is 0 Å². The number of fused-ring (bicyclic) bond motifs is 4. The molecule has 0 spiro atoms. The molecule has 0 unspecified atom stereocenters. The lowest BCUT2D eigenvalue weighted by Gasteiger charge is -2.24. The molecule has 0 aliphatic heterocycles. The number of carbonyl (C=O) groups is 3. The van der Waals surface area contributed by atoms with Crippen molar-refractivity contribution in [2.45, 2.75) is 87.7 Å². The van der Waals surface area contributed by atoms with Gasteiger partial charge in [0.05, 0.1) is 33.9 Å². The van der Waals surface area contributed by atoms with Crippen molar-refractivity contribution in [2.75, 3.05) is 23.6 Å². The molecule has 7 rings (SSSR count). The maximum atomic E-state index is 15.6. The fourth-order valence-corrected chi connectivity index (χ4v) is 10.0. The number of aromatic nitrogens is 5. The van der Waals surface area contributed by atoms with Gasteiger partial charge in [0.2, 0.25) is 22.7 Å². The highest BCUT2D eigenvalue weighted by Crippen LogP contribution is 2.68. The van der Waals surface area contributed by atoms with Gasteiger partial charge >= 0.3 is 26.3 Å². The molecular formula is C44H40ClF10N8O12PS2. The number of amides is 3. The highest BCUT2D eigenvalue weighted by molar-refractivity contribution is 7.93. The SMILES string of the molecule is C[C@H](NC(=O)OCOP(=O)(O)O)C(=O)N(c1nn(CC(F)(F)F)c2c(-c3ccc(C#CC(C)(C)S(C)(=O)=O)nc3[C@H](Cc3cc(F)cc(F)c3)NC(=O)Cn3nc(C(F)(F)F)c4c3C(F)(F)[C@@H]3C[C@H]43)ccc(Cl)c12)S(C)(=O)=O. The number of hydrogen-bond acceptors (Lipinski definition) is 13. The molecule has 2 aliphatic rings. The number of carbonyl (C=O) groups excluding carboxylic acids is 3. The van der Waals surface area contributed by atoms with Crippen molar-refractivity contribution in [2.24, 2.45) is 5.92 Å². The molecule has 5 aromatic rings. The summed E-state index contributed by atoms with van der Waals surface area (Å²) in [4.78, 5) is 62.8. The van der Waals surface area contributed by atoms with Gasteiger partial charge < -0.3 is 25.2 Å². The third kappa shape index (κ3) is 12.7. The molecule has 4 atom stereocenters. The Morgan fingerprint density at radius 3 is 2.17 bits per heavy atom. The second-order valence-electron chi connectivity index (χ2n) is 18.4. The average Bonchev–Trinajstić information content (AvgIpc) is 4.03. The zero-order valence-electron chi connectivity index (χ0n) is 40.5. The number of sulfone groups is 1. The minimum absolute atomic E-state index is 0.145. The number of hydrogen-bond donors (Lipinski definition) is 4. The average molecular weight is 1190 g/mol. The van der Waals surface area contributed by atoms with E-state index in [9.17, 15) is 70.9 Å². The van der Waals surface area contributed by atoms with Crippen LogP contribution in [0.3, 0.4) is 0 Å². The Morgan fingerprint density at radius 1 is 0.962 bits per heavy atom. The van der Waals surface area contributed by atoms with E-state index in [1.807, 2.05) is 5.32 Å². The second kappa shape index (κ2) is 20.7. The summed E-state index contributed by atoms with van der Waals surface area (Å²) in [5.74, 6) is -8.21. The zero-order chi connectivity index (χ0) is 58.2. The van der Waals surface area contributed by atoms with Crippen molar-refractivity contribution in [1.29, 1.82) is 0 Å². The first-order chi connectivity index (χ1) is 35.7. The number of halogens is 11. The number of sulfonamides is 1. The standard InChI is InChI=1S/C44H40ClF10N8O12PS2/c1-20(56-40(66)74-19-75-76(67,68)69)39(65)63(78(5,72)73)38-33-29(45)9-8-26(35(33)62(60-38)18-42(48,49)50)25-7-6-24(10-11-41(2,3)77(4,70)71)57-34(25)30(14-21-12-22(46)15-23(47)13-21)58-31(64)17-61-37-32(36(59-61)44(53,54)55)27-16-28(27)43(37,51)52/h6-9,12-13,15,20,27-28,30H,14,16-19H2,1-5H3,(H,56,66)(H,58,64)(H2,67,68,69)/t20-,27-,28+,30-/m0/s1. The molecule has 2 aliphatic carbocycles. The predicted molar refractivity (Wildman–Crippen MR) is 252 cm³/mol. The molecule has 1 saturated carbocycles. The van der Waals surface area contributed by atoms with Gasteiger partial charge in [-0.05, 0) is 81.3 Å². The highest BCUT2D eigenvalue weighted by Gasteiger charge is 2.68. The Bertz CT molecular complexity index is 3620. The fourth-order valence-electron chi connectivity index (χ4n) is 8.43. The summed E-state index contributed by atoms with van der Waals surface area (Å²) in [6, 6.07) is 2.23. The van der Waals surface area contributed by atoms with Crippen LogP contribution < -0.4 is 14.9 Å². The van der Waals surface area contributed by atoms with Crippen molar-refractivity contribution in [1.82, 2.24) is 35.2 Å². The number of ether oxygens (including phenoxy) is 1. The van der Waals surface area contributed by atoms with E-state index >= 15 is 8.78 Å². The smallest absolute Gasteiger partial charge is 0.422 e. The number of benzene rings is 2. The van der Waals surface area contributed by atoms with Crippen molar-refractivity contribution < 1.29 is 98.7 Å². The molecule has 4 N–H and O–H groups in total. The van der Waals surface area contributed by atoms with Gasteiger partial charge in [-0.25, -0.2) is 44.5 Å². The first-order valence-corrected chi connectivity index (χ1v) is 27.8. The first kappa shape index (κ1) is 59.3. The number of phosphoric ester groups is 1. The van der Waals surface area contributed by atoms with E-state index in [0.29, 0.717) is 12.3 Å². The molecule has 1 fully saturated rings. The molecule has 3 heterocycles. The Morgan fingerprint density at radius 2 is 1.59 bits per heavy atom. The Hall–Kier alpha value is -6.36. The van der Waals surface area contributed by atoms with E-state index in [1.54, 1.807) is 0 Å². The summed E-state index contributed by atoms with van der Waals surface area (Å²) >= 11 is 6.62. The number of nitrogens with one attached hydrogen (secondary N) is 2. The maximum Gasteiger partial charge on any atom is 0.472 e. The van der Waals surface area contributed by atoms with Gasteiger partial charge in [-0.1, -0.05) is 23.6 Å². The van der Waals surface area contributed by atoms with Crippen LogP contribution in [0.4, 0.5) is 54.5 Å². The van der Waals surface area contributed by atoms with Crippen molar-refractivity contribution in [3.8, 4) is 23.0 Å². The molecule has 2 aromatic carbocycles. The number of rotatable bonds is 16. The van der Waals surface area contributed by atoms with Crippen LogP contribution in [-0.4, -0.2) is 105 Å². The highest BCUT2D eigenvalue weighted by atomic mass is 35.5. The van der Waals surface area contributed by atoms with E-state index < -0.39 is 186 Å². The van der Waals surface area contributed by atoms with Crippen LogP contribution in [0.2, 0.25) is 5.02 Å². The van der Waals surface area contributed by atoms with E-state index in [-0.39, 0.29) is 31.3 Å². The van der Waals surface area contributed by atoms with Gasteiger partial charge in [0.1, 0.15) is 46.9 Å². The molecule has 34 heteroatoms. The van der Waals surface area contributed by atoms with E-state index in [4.69, 9.17) is 21.4 Å². The normalized spacial score (nSPS) is 17.1. The summed E-state index contributed by atoms with van der Waals surface area (Å²) in [6.45, 7) is -1.59. The summed E-state index contributed by atoms with van der Waals surface area (Å²) in [7, 11) is -14.2. The number of alkyl carbamates (subject to hydrolysis) is 1. The third-order valence-electron chi connectivity index (χ3n) is 12.1. The predicted octanol–water partition coefficient (Wildman–Crippen LogP) is 6.77. The summed E-state index contributed by atoms with van der Waals surface area (Å²) in [5, 5.41) is 10.1. The van der Waals surface area contributed by atoms with E-state index in [1.165, 1.54) is 13.8 Å². The first-order valence-electron chi connectivity index (χ1n) is 22.2. The largest absolute Gasteiger partial charge is 0.472 e. The van der Waals surface area contributed by atoms with Gasteiger partial charge in [-0.3, -0.25) is 19.0 Å². The Balaban J connectivity index is 1.45. The lowest BCUT2D eigenvalue weighted by molar-refractivity contribution is -0.143. The molecule has 0 bridgehead atoms. The summed E-state index contributed by atoms with van der Waals surface area (Å²) in [6.07, 6.45) is -12.0. The number of nitrogens with zero attached hydrogens (tertiary/aromatic N) is 6. The third-order valence-corrected chi connectivity index (χ3v) is 15.9. The molecule has 0 radical (unpaired) electrons. The van der Waals surface area contributed by atoms with E-state index in [0.717, 1.165) is 49.6 Å². The molecule has 422 valence electrons. The zero-order valence-corrected chi connectivity index (χ0v) is 43.8. The van der Waals surface area contributed by atoms with Gasteiger partial charge in [0.15, 0.2) is 21.3 Å². The number of anilines is 1. The lowest BCUT2D eigenvalue weighted by atomic mass is 9.93. The molecular weight excluding hydrogens is 1150 g/mol. The molecule has 3 aromatic heterocycles. The van der Waals surface area contributed by atoms with Gasteiger partial charge in [-0.2, -0.15) is 49.6 Å². The summed E-state index contributed by atoms with van der Waals surface area (Å²) < 4.78 is 218. The van der Waals surface area contributed by atoms with Crippen LogP contribution >= 0.6 is 19.4 Å². The molecule has 78 heavy (non-hydrogen) atoms. The van der Waals surface area contributed by atoms with Crippen LogP contribution in [0, 0.1) is 29.4 Å². The monoisotopic (exact) mass is 1190 g/mol. The van der Waals surface area contributed by atoms with E-state index in [2.05, 4.69) is 41.6 Å². The van der Waals surface area contributed by atoms with Gasteiger partial charge in [0.25, 0.3) is 11.8 Å². The topological polar surface area (TPSA) is 271 Å². The van der Waals surface area contributed by atoms with Crippen molar-refractivity contribution in [3.63, 3.8) is 0 Å². The fraction of sp³-hybridized carbons (Fsp3) is 0.409. The van der Waals surface area contributed by atoms with Crippen LogP contribution in [0.1, 0.15) is 73.1 Å². The number of alkyl halides is 8. The second-order valence-corrected chi connectivity index (χ2v) is 24.5. The molecule has 3 amide bonds. The van der Waals surface area contributed by atoms with Crippen molar-refractivity contribution in [3.05, 3.63) is 93.0 Å². The Kier molecular flexibility index (Phi) is 15.7. The van der Waals surface area contributed by atoms with Crippen LogP contribution in [0.25, 0.3) is 22.0 Å². The number of pyridine rings is 1. The Labute approximate surface area is 439 Å². The molecule has 20 nitrogen and oxygen atoms in total. The van der Waals surface area contributed by atoms with Crippen molar-refractivity contribution >= 4 is 73.9 Å². The van der Waals surface area contributed by atoms with Gasteiger partial charge in [-0.15, -0.1) is 0 Å².